The van der Waals surface area contributed by atoms with Crippen molar-refractivity contribution in [2.24, 2.45) is 5.92 Å². The molecule has 1 fully saturated rings. The highest BCUT2D eigenvalue weighted by Gasteiger charge is 2.27. The van der Waals surface area contributed by atoms with Gasteiger partial charge in [-0.2, -0.15) is 5.26 Å². The third-order valence-corrected chi connectivity index (χ3v) is 8.16. The van der Waals surface area contributed by atoms with E-state index in [1.165, 1.54) is 5.19 Å². The number of benzene rings is 2. The highest BCUT2D eigenvalue weighted by Crippen LogP contribution is 2.21. The maximum atomic E-state index is 13.3. The van der Waals surface area contributed by atoms with Crippen LogP contribution in [0.1, 0.15) is 23.6 Å². The predicted molar refractivity (Wildman–Crippen MR) is 132 cm³/mol. The van der Waals surface area contributed by atoms with Gasteiger partial charge in [-0.1, -0.05) is 61.2 Å². The number of hydrogen-bond acceptors (Lipinski definition) is 5. The Labute approximate surface area is 197 Å². The summed E-state index contributed by atoms with van der Waals surface area (Å²) in [4.78, 5) is 28.1. The third kappa shape index (κ3) is 6.76. The largest absolute Gasteiger partial charge is 0.497 e. The van der Waals surface area contributed by atoms with E-state index >= 15 is 0 Å². The normalized spacial score (nSPS) is 17.2. The average molecular weight is 464 g/mol. The van der Waals surface area contributed by atoms with Crippen LogP contribution in [-0.2, 0) is 16.0 Å². The molecule has 0 spiro atoms. The third-order valence-electron chi connectivity index (χ3n) is 6.10. The summed E-state index contributed by atoms with van der Waals surface area (Å²) in [6.07, 6.45) is 1.02. The Balaban J connectivity index is 1.74. The standard InChI is InChI=1S/C26H33N3O3Si/c1-32-22-9-7-21(8-10-22)26(28-25(31)18-29-14-13-20(16-27)17-29)24(30)15-19-5-11-23(12-6-19)33(2,3)4/h5-12,20,26H,13-15,17-18H2,1-4H3,(H,28,31). The number of carbonyl (C=O) groups excluding carboxylic acids is 2. The van der Waals surface area contributed by atoms with Crippen molar-refractivity contribution in [1.82, 2.24) is 10.2 Å². The first-order chi connectivity index (χ1) is 15.7. The molecule has 1 heterocycles. The zero-order chi connectivity index (χ0) is 24.0. The maximum Gasteiger partial charge on any atom is 0.235 e. The zero-order valence-electron chi connectivity index (χ0n) is 19.9. The Bertz CT molecular complexity index is 1010. The fourth-order valence-corrected chi connectivity index (χ4v) is 5.23. The lowest BCUT2D eigenvalue weighted by molar-refractivity contribution is -0.128. The van der Waals surface area contributed by atoms with Gasteiger partial charge in [0.05, 0.1) is 33.7 Å². The van der Waals surface area contributed by atoms with Crippen LogP contribution in [0.15, 0.2) is 48.5 Å². The first kappa shape index (κ1) is 24.7. The van der Waals surface area contributed by atoms with Gasteiger partial charge in [-0.25, -0.2) is 0 Å². The van der Waals surface area contributed by atoms with Crippen molar-refractivity contribution >= 4 is 25.0 Å². The lowest BCUT2D eigenvalue weighted by atomic mass is 9.97. The van der Waals surface area contributed by atoms with Crippen LogP contribution in [0.25, 0.3) is 0 Å². The highest BCUT2D eigenvalue weighted by atomic mass is 28.3. The summed E-state index contributed by atoms with van der Waals surface area (Å²) in [7, 11) is 0.185. The summed E-state index contributed by atoms with van der Waals surface area (Å²) in [6, 6.07) is 17.0. The number of nitrogens with one attached hydrogen (secondary N) is 1. The predicted octanol–water partition coefficient (Wildman–Crippen LogP) is 3.05. The number of hydrogen-bond donors (Lipinski definition) is 1. The van der Waals surface area contributed by atoms with E-state index in [0.717, 1.165) is 24.1 Å². The number of ketones is 1. The second-order valence-corrected chi connectivity index (χ2v) is 14.8. The van der Waals surface area contributed by atoms with Gasteiger partial charge < -0.3 is 10.1 Å². The molecule has 0 saturated carbocycles. The number of Topliss-reactive ketones (excluding diaryl/α,β-unsaturated/α-hetero) is 1. The molecule has 1 amide bonds. The minimum atomic E-state index is -1.41. The molecule has 6 nitrogen and oxygen atoms in total. The van der Waals surface area contributed by atoms with E-state index in [9.17, 15) is 9.59 Å². The van der Waals surface area contributed by atoms with Gasteiger partial charge in [0.15, 0.2) is 5.78 Å². The summed E-state index contributed by atoms with van der Waals surface area (Å²) >= 11 is 0. The first-order valence-corrected chi connectivity index (χ1v) is 14.9. The lowest BCUT2D eigenvalue weighted by Gasteiger charge is -2.21. The van der Waals surface area contributed by atoms with Crippen LogP contribution in [0.3, 0.4) is 0 Å². The van der Waals surface area contributed by atoms with Crippen LogP contribution in [0.5, 0.6) is 5.75 Å². The Morgan fingerprint density at radius 1 is 1.15 bits per heavy atom. The number of rotatable bonds is 9. The SMILES string of the molecule is COc1ccc(C(NC(=O)CN2CCC(C#N)C2)C(=O)Cc2ccc([Si](C)(C)C)cc2)cc1. The summed E-state index contributed by atoms with van der Waals surface area (Å²) in [5.41, 5.74) is 1.66. The smallest absolute Gasteiger partial charge is 0.235 e. The molecule has 1 aliphatic heterocycles. The molecule has 0 aromatic heterocycles. The van der Waals surface area contributed by atoms with Crippen molar-refractivity contribution in [3.63, 3.8) is 0 Å². The zero-order valence-corrected chi connectivity index (χ0v) is 20.9. The van der Waals surface area contributed by atoms with Gasteiger partial charge in [0.1, 0.15) is 11.8 Å². The van der Waals surface area contributed by atoms with Crippen molar-refractivity contribution in [3.05, 3.63) is 59.7 Å². The van der Waals surface area contributed by atoms with E-state index in [0.29, 0.717) is 12.3 Å². The van der Waals surface area contributed by atoms with E-state index in [-0.39, 0.29) is 30.6 Å². The summed E-state index contributed by atoms with van der Waals surface area (Å²) in [5, 5.41) is 13.4. The summed E-state index contributed by atoms with van der Waals surface area (Å²) in [5.74, 6) is 0.385. The second kappa shape index (κ2) is 10.8. The molecule has 2 atom stereocenters. The molecule has 0 radical (unpaired) electrons. The van der Waals surface area contributed by atoms with Gasteiger partial charge in [0, 0.05) is 19.5 Å². The number of carbonyl (C=O) groups is 2. The molecule has 33 heavy (non-hydrogen) atoms. The fourth-order valence-electron chi connectivity index (χ4n) is 4.06. The number of likely N-dealkylation sites (tertiary alicyclic amines) is 1. The Morgan fingerprint density at radius 2 is 1.82 bits per heavy atom. The van der Waals surface area contributed by atoms with Crippen LogP contribution < -0.4 is 15.2 Å². The van der Waals surface area contributed by atoms with Crippen LogP contribution in [0, 0.1) is 17.2 Å². The van der Waals surface area contributed by atoms with Crippen molar-refractivity contribution in [3.8, 4) is 11.8 Å². The topological polar surface area (TPSA) is 82.4 Å². The molecule has 3 rings (SSSR count). The monoisotopic (exact) mass is 463 g/mol. The minimum absolute atomic E-state index is 0.0315. The van der Waals surface area contributed by atoms with Gasteiger partial charge in [-0.05, 0) is 29.7 Å². The minimum Gasteiger partial charge on any atom is -0.497 e. The Morgan fingerprint density at radius 3 is 2.36 bits per heavy atom. The van der Waals surface area contributed by atoms with E-state index in [1.54, 1.807) is 19.2 Å². The molecule has 7 heteroatoms. The van der Waals surface area contributed by atoms with Gasteiger partial charge in [-0.15, -0.1) is 0 Å². The number of amides is 1. The molecule has 0 aliphatic carbocycles. The van der Waals surface area contributed by atoms with Crippen molar-refractivity contribution in [1.29, 1.82) is 5.26 Å². The molecule has 2 aromatic rings. The van der Waals surface area contributed by atoms with Crippen LogP contribution in [0.2, 0.25) is 19.6 Å². The van der Waals surface area contributed by atoms with Crippen molar-refractivity contribution < 1.29 is 14.3 Å². The van der Waals surface area contributed by atoms with Crippen LogP contribution in [0.4, 0.5) is 0 Å². The van der Waals surface area contributed by atoms with E-state index in [1.807, 2.05) is 29.2 Å². The average Bonchev–Trinajstić information content (AvgIpc) is 3.24. The number of ether oxygens (including phenoxy) is 1. The molecule has 2 aromatic carbocycles. The van der Waals surface area contributed by atoms with Gasteiger partial charge in [-0.3, -0.25) is 14.5 Å². The number of nitriles is 1. The quantitative estimate of drug-likeness (QED) is 0.578. The second-order valence-electron chi connectivity index (χ2n) is 9.71. The summed E-state index contributed by atoms with van der Waals surface area (Å²) < 4.78 is 5.23. The maximum absolute atomic E-state index is 13.3. The van der Waals surface area contributed by atoms with Crippen LogP contribution >= 0.6 is 0 Å². The molecular weight excluding hydrogens is 430 g/mol. The van der Waals surface area contributed by atoms with E-state index < -0.39 is 14.1 Å². The molecule has 1 saturated heterocycles. The fraction of sp³-hybridized carbons (Fsp3) is 0.423. The number of methoxy groups -OCH3 is 1. The lowest BCUT2D eigenvalue weighted by Crippen LogP contribution is -2.41. The Kier molecular flexibility index (Phi) is 8.06. The van der Waals surface area contributed by atoms with E-state index in [4.69, 9.17) is 10.00 Å². The van der Waals surface area contributed by atoms with E-state index in [2.05, 4.69) is 43.2 Å². The molecule has 2 unspecified atom stereocenters. The molecule has 1 N–H and O–H groups in total. The van der Waals surface area contributed by atoms with Gasteiger partial charge in [0.25, 0.3) is 0 Å². The van der Waals surface area contributed by atoms with Crippen molar-refractivity contribution in [2.75, 3.05) is 26.7 Å². The molecule has 1 aliphatic rings. The van der Waals surface area contributed by atoms with Gasteiger partial charge in [0.2, 0.25) is 5.91 Å². The van der Waals surface area contributed by atoms with Crippen LogP contribution in [-0.4, -0.2) is 51.4 Å². The molecular formula is C26H33N3O3Si. The number of nitrogens with zero attached hydrogens (tertiary/aromatic N) is 2. The summed E-state index contributed by atoms with van der Waals surface area (Å²) in [6.45, 7) is 8.37. The highest BCUT2D eigenvalue weighted by molar-refractivity contribution is 6.88. The molecule has 174 valence electrons. The molecule has 0 bridgehead atoms. The van der Waals surface area contributed by atoms with Gasteiger partial charge >= 0.3 is 0 Å². The Hall–Kier alpha value is -2.95. The van der Waals surface area contributed by atoms with Crippen molar-refractivity contribution in [2.45, 2.75) is 38.5 Å². The first-order valence-electron chi connectivity index (χ1n) is 11.4.